The molecular formula is C21H27N3O2. The van der Waals surface area contributed by atoms with Crippen molar-refractivity contribution in [1.29, 1.82) is 0 Å². The summed E-state index contributed by atoms with van der Waals surface area (Å²) in [5.74, 6) is -0.293. The molecule has 0 fully saturated rings. The number of hydrogen-bond donors (Lipinski definition) is 2. The van der Waals surface area contributed by atoms with Gasteiger partial charge in [-0.3, -0.25) is 9.59 Å². The first-order valence-corrected chi connectivity index (χ1v) is 9.00. The Bertz CT molecular complexity index is 710. The van der Waals surface area contributed by atoms with Crippen molar-refractivity contribution >= 4 is 23.2 Å². The third-order valence-electron chi connectivity index (χ3n) is 4.25. The monoisotopic (exact) mass is 353 g/mol. The van der Waals surface area contributed by atoms with E-state index in [4.69, 9.17) is 0 Å². The van der Waals surface area contributed by atoms with E-state index in [2.05, 4.69) is 29.4 Å². The van der Waals surface area contributed by atoms with Gasteiger partial charge in [0.15, 0.2) is 0 Å². The van der Waals surface area contributed by atoms with Gasteiger partial charge >= 0.3 is 0 Å². The summed E-state index contributed by atoms with van der Waals surface area (Å²) < 4.78 is 0. The molecule has 0 heterocycles. The fraction of sp³-hybridized carbons (Fsp3) is 0.333. The average molecular weight is 353 g/mol. The number of benzene rings is 2. The summed E-state index contributed by atoms with van der Waals surface area (Å²) in [5.41, 5.74) is 2.80. The van der Waals surface area contributed by atoms with Crippen molar-refractivity contribution in [1.82, 2.24) is 5.32 Å². The van der Waals surface area contributed by atoms with Crippen molar-refractivity contribution in [2.45, 2.75) is 33.2 Å². The number of rotatable bonds is 8. The van der Waals surface area contributed by atoms with Crippen LogP contribution >= 0.6 is 0 Å². The molecule has 0 radical (unpaired) electrons. The van der Waals surface area contributed by atoms with Crippen molar-refractivity contribution < 1.29 is 9.59 Å². The third-order valence-corrected chi connectivity index (χ3v) is 4.25. The Morgan fingerprint density at radius 1 is 0.962 bits per heavy atom. The summed E-state index contributed by atoms with van der Waals surface area (Å²) in [5, 5.41) is 5.75. The van der Waals surface area contributed by atoms with Crippen molar-refractivity contribution in [3.8, 4) is 0 Å². The second kappa shape index (κ2) is 9.61. The molecule has 0 bridgehead atoms. The molecule has 2 rings (SSSR count). The second-order valence-corrected chi connectivity index (χ2v) is 6.14. The van der Waals surface area contributed by atoms with Crippen LogP contribution in [0.25, 0.3) is 0 Å². The van der Waals surface area contributed by atoms with Crippen molar-refractivity contribution in [3.63, 3.8) is 0 Å². The Labute approximate surface area is 155 Å². The molecule has 0 saturated carbocycles. The zero-order valence-corrected chi connectivity index (χ0v) is 15.7. The first-order valence-electron chi connectivity index (χ1n) is 9.00. The number of nitrogens with one attached hydrogen (secondary N) is 2. The van der Waals surface area contributed by atoms with E-state index in [-0.39, 0.29) is 24.3 Å². The normalized spacial score (nSPS) is 11.5. The van der Waals surface area contributed by atoms with Crippen LogP contribution in [0.5, 0.6) is 0 Å². The molecule has 26 heavy (non-hydrogen) atoms. The van der Waals surface area contributed by atoms with Gasteiger partial charge in [0.05, 0.1) is 12.5 Å². The van der Waals surface area contributed by atoms with Gasteiger partial charge < -0.3 is 15.5 Å². The van der Waals surface area contributed by atoms with E-state index in [0.29, 0.717) is 0 Å². The predicted molar refractivity (Wildman–Crippen MR) is 106 cm³/mol. The summed E-state index contributed by atoms with van der Waals surface area (Å²) in [7, 11) is 0. The molecule has 5 heteroatoms. The summed E-state index contributed by atoms with van der Waals surface area (Å²) in [6.07, 6.45) is 0.182. The van der Waals surface area contributed by atoms with Gasteiger partial charge in [-0.15, -0.1) is 0 Å². The number of nitrogens with zero attached hydrogens (tertiary/aromatic N) is 1. The first kappa shape index (κ1) is 19.5. The Balaban J connectivity index is 2.02. The lowest BCUT2D eigenvalue weighted by Gasteiger charge is -2.21. The highest BCUT2D eigenvalue weighted by molar-refractivity contribution is 5.91. The smallest absolute Gasteiger partial charge is 0.226 e. The quantitative estimate of drug-likeness (QED) is 0.760. The molecule has 2 aromatic carbocycles. The van der Waals surface area contributed by atoms with E-state index in [1.54, 1.807) is 0 Å². The van der Waals surface area contributed by atoms with Gasteiger partial charge in [0, 0.05) is 31.4 Å². The zero-order valence-electron chi connectivity index (χ0n) is 15.7. The van der Waals surface area contributed by atoms with E-state index < -0.39 is 0 Å². The topological polar surface area (TPSA) is 61.4 Å². The molecule has 0 aliphatic heterocycles. The SMILES string of the molecule is CCN(CC)c1ccc(NC(=O)C[C@@H](NC(C)=O)c2ccccc2)cc1. The van der Waals surface area contributed by atoms with Crippen LogP contribution < -0.4 is 15.5 Å². The van der Waals surface area contributed by atoms with Crippen LogP contribution in [-0.4, -0.2) is 24.9 Å². The molecule has 0 unspecified atom stereocenters. The fourth-order valence-electron chi connectivity index (χ4n) is 2.92. The summed E-state index contributed by atoms with van der Waals surface area (Å²) in [6, 6.07) is 17.0. The lowest BCUT2D eigenvalue weighted by atomic mass is 10.0. The highest BCUT2D eigenvalue weighted by Gasteiger charge is 2.17. The second-order valence-electron chi connectivity index (χ2n) is 6.14. The number of anilines is 2. The molecule has 1 atom stereocenters. The largest absolute Gasteiger partial charge is 0.372 e. The Kier molecular flexibility index (Phi) is 7.21. The van der Waals surface area contributed by atoms with Crippen LogP contribution in [0.2, 0.25) is 0 Å². The molecule has 0 aliphatic rings. The molecule has 5 nitrogen and oxygen atoms in total. The molecule has 138 valence electrons. The number of hydrogen-bond acceptors (Lipinski definition) is 3. The average Bonchev–Trinajstić information content (AvgIpc) is 2.64. The van der Waals surface area contributed by atoms with Crippen LogP contribution in [0.1, 0.15) is 38.8 Å². The maximum absolute atomic E-state index is 12.4. The lowest BCUT2D eigenvalue weighted by molar-refractivity contribution is -0.120. The highest BCUT2D eigenvalue weighted by atomic mass is 16.2. The Hall–Kier alpha value is -2.82. The van der Waals surface area contributed by atoms with Crippen molar-refractivity contribution in [2.24, 2.45) is 0 Å². The molecule has 2 N–H and O–H groups in total. The van der Waals surface area contributed by atoms with E-state index in [1.165, 1.54) is 6.92 Å². The summed E-state index contributed by atoms with van der Waals surface area (Å²) >= 11 is 0. The van der Waals surface area contributed by atoms with Crippen LogP contribution in [0.15, 0.2) is 54.6 Å². The Morgan fingerprint density at radius 2 is 1.58 bits per heavy atom. The Morgan fingerprint density at radius 3 is 2.12 bits per heavy atom. The molecule has 0 aromatic heterocycles. The predicted octanol–water partition coefficient (Wildman–Crippen LogP) is 3.74. The highest BCUT2D eigenvalue weighted by Crippen LogP contribution is 2.20. The van der Waals surface area contributed by atoms with Gasteiger partial charge in [-0.2, -0.15) is 0 Å². The van der Waals surface area contributed by atoms with Crippen LogP contribution in [0.4, 0.5) is 11.4 Å². The summed E-state index contributed by atoms with van der Waals surface area (Å²) in [6.45, 7) is 7.57. The van der Waals surface area contributed by atoms with Gasteiger partial charge in [0.25, 0.3) is 0 Å². The maximum atomic E-state index is 12.4. The maximum Gasteiger partial charge on any atom is 0.226 e. The van der Waals surface area contributed by atoms with E-state index >= 15 is 0 Å². The van der Waals surface area contributed by atoms with E-state index in [0.717, 1.165) is 30.0 Å². The molecule has 0 saturated heterocycles. The van der Waals surface area contributed by atoms with Gasteiger partial charge in [-0.05, 0) is 43.7 Å². The van der Waals surface area contributed by atoms with Gasteiger partial charge in [0.1, 0.15) is 0 Å². The minimum absolute atomic E-state index is 0.136. The van der Waals surface area contributed by atoms with Crippen molar-refractivity contribution in [2.75, 3.05) is 23.3 Å². The van der Waals surface area contributed by atoms with E-state index in [1.807, 2.05) is 54.6 Å². The number of carbonyl (C=O) groups excluding carboxylic acids is 2. The molecule has 0 aliphatic carbocycles. The number of amides is 2. The van der Waals surface area contributed by atoms with Gasteiger partial charge in [-0.1, -0.05) is 30.3 Å². The molecule has 2 aromatic rings. The minimum Gasteiger partial charge on any atom is -0.372 e. The number of carbonyl (C=O) groups is 2. The zero-order chi connectivity index (χ0) is 18.9. The molecule has 2 amide bonds. The standard InChI is InChI=1S/C21H27N3O2/c1-4-24(5-2)19-13-11-18(12-14-19)23-21(26)15-20(22-16(3)25)17-9-7-6-8-10-17/h6-14,20H,4-5,15H2,1-3H3,(H,22,25)(H,23,26)/t20-/m1/s1. The minimum atomic E-state index is -0.344. The first-order chi connectivity index (χ1) is 12.5. The van der Waals surface area contributed by atoms with Crippen LogP contribution in [0.3, 0.4) is 0 Å². The van der Waals surface area contributed by atoms with Crippen LogP contribution in [-0.2, 0) is 9.59 Å². The molecular weight excluding hydrogens is 326 g/mol. The van der Waals surface area contributed by atoms with Gasteiger partial charge in [0.2, 0.25) is 11.8 Å². The van der Waals surface area contributed by atoms with Crippen molar-refractivity contribution in [3.05, 3.63) is 60.2 Å². The van der Waals surface area contributed by atoms with E-state index in [9.17, 15) is 9.59 Å². The third kappa shape index (κ3) is 5.62. The van der Waals surface area contributed by atoms with Crippen LogP contribution in [0, 0.1) is 0 Å². The molecule has 0 spiro atoms. The summed E-state index contributed by atoms with van der Waals surface area (Å²) in [4.78, 5) is 26.2. The van der Waals surface area contributed by atoms with Gasteiger partial charge in [-0.25, -0.2) is 0 Å². The lowest BCUT2D eigenvalue weighted by Crippen LogP contribution is -2.29. The fourth-order valence-corrected chi connectivity index (χ4v) is 2.92.